The summed E-state index contributed by atoms with van der Waals surface area (Å²) in [5.74, 6) is 0.829. The molecule has 1 saturated heterocycles. The highest BCUT2D eigenvalue weighted by molar-refractivity contribution is 5.31. The van der Waals surface area contributed by atoms with Crippen LogP contribution in [0.3, 0.4) is 0 Å². The lowest BCUT2D eigenvalue weighted by atomic mass is 10.0. The average molecular weight is 160 g/mol. The fourth-order valence-electron chi connectivity index (χ4n) is 2.49. The van der Waals surface area contributed by atoms with Crippen LogP contribution in [0.4, 0.5) is 0 Å². The zero-order valence-electron chi connectivity index (χ0n) is 6.96. The Balaban J connectivity index is 2.09. The molecule has 2 atom stereocenters. The second-order valence-electron chi connectivity index (χ2n) is 3.72. The predicted octanol–water partition coefficient (Wildman–Crippen LogP) is 1.29. The number of pyridine rings is 1. The van der Waals surface area contributed by atoms with E-state index >= 15 is 0 Å². The van der Waals surface area contributed by atoms with Gasteiger partial charge in [-0.25, -0.2) is 0 Å². The minimum Gasteiger partial charge on any atom is -0.310 e. The fourth-order valence-corrected chi connectivity index (χ4v) is 2.49. The molecule has 12 heavy (non-hydrogen) atoms. The maximum atomic E-state index is 4.40. The van der Waals surface area contributed by atoms with E-state index in [1.807, 2.05) is 12.3 Å². The van der Waals surface area contributed by atoms with Crippen molar-refractivity contribution in [2.45, 2.75) is 18.9 Å². The van der Waals surface area contributed by atoms with Crippen LogP contribution in [0, 0.1) is 5.92 Å². The van der Waals surface area contributed by atoms with Gasteiger partial charge in [-0.1, -0.05) is 6.07 Å². The highest BCUT2D eigenvalue weighted by Crippen LogP contribution is 2.39. The largest absolute Gasteiger partial charge is 0.310 e. The molecular formula is C10H12N2. The van der Waals surface area contributed by atoms with E-state index in [0.29, 0.717) is 6.04 Å². The van der Waals surface area contributed by atoms with Gasteiger partial charge in [0.1, 0.15) is 0 Å². The third-order valence-electron chi connectivity index (χ3n) is 3.07. The van der Waals surface area contributed by atoms with Gasteiger partial charge in [-0.3, -0.25) is 4.98 Å². The Labute approximate surface area is 72.0 Å². The monoisotopic (exact) mass is 160 g/mol. The Morgan fingerprint density at radius 3 is 3.50 bits per heavy atom. The van der Waals surface area contributed by atoms with Crippen LogP contribution in [0.25, 0.3) is 0 Å². The first-order valence-electron chi connectivity index (χ1n) is 4.62. The van der Waals surface area contributed by atoms with Gasteiger partial charge < -0.3 is 5.32 Å². The number of aromatic nitrogens is 1. The number of nitrogens with zero attached hydrogens (tertiary/aromatic N) is 1. The summed E-state index contributed by atoms with van der Waals surface area (Å²) in [6.45, 7) is 1.18. The topological polar surface area (TPSA) is 24.9 Å². The Morgan fingerprint density at radius 1 is 1.50 bits per heavy atom. The van der Waals surface area contributed by atoms with Gasteiger partial charge in [-0.2, -0.15) is 0 Å². The van der Waals surface area contributed by atoms with Crippen LogP contribution in [0.15, 0.2) is 18.3 Å². The third-order valence-corrected chi connectivity index (χ3v) is 3.07. The summed E-state index contributed by atoms with van der Waals surface area (Å²) in [4.78, 5) is 4.40. The molecule has 62 valence electrons. The van der Waals surface area contributed by atoms with E-state index in [2.05, 4.69) is 16.4 Å². The Morgan fingerprint density at radius 2 is 2.50 bits per heavy atom. The summed E-state index contributed by atoms with van der Waals surface area (Å²) in [6, 6.07) is 4.88. The molecular weight excluding hydrogens is 148 g/mol. The highest BCUT2D eigenvalue weighted by Gasteiger charge is 2.35. The average Bonchev–Trinajstić information content (AvgIpc) is 2.62. The van der Waals surface area contributed by atoms with Gasteiger partial charge in [0.2, 0.25) is 0 Å². The highest BCUT2D eigenvalue weighted by atomic mass is 15.0. The Hall–Kier alpha value is -0.890. The summed E-state index contributed by atoms with van der Waals surface area (Å²) in [5, 5.41) is 3.53. The van der Waals surface area contributed by atoms with E-state index in [-0.39, 0.29) is 0 Å². The summed E-state index contributed by atoms with van der Waals surface area (Å²) >= 11 is 0. The molecule has 1 fully saturated rings. The predicted molar refractivity (Wildman–Crippen MR) is 46.8 cm³/mol. The summed E-state index contributed by atoms with van der Waals surface area (Å²) in [5.41, 5.74) is 2.76. The number of hydrogen-bond donors (Lipinski definition) is 1. The van der Waals surface area contributed by atoms with Crippen molar-refractivity contribution in [1.82, 2.24) is 10.3 Å². The summed E-state index contributed by atoms with van der Waals surface area (Å²) < 4.78 is 0. The molecule has 1 aromatic heterocycles. The quantitative estimate of drug-likeness (QED) is 0.618. The van der Waals surface area contributed by atoms with Crippen molar-refractivity contribution in [2.75, 3.05) is 6.54 Å². The molecule has 2 aliphatic rings. The number of nitrogens with one attached hydrogen (secondary N) is 1. The molecule has 0 bridgehead atoms. The molecule has 3 rings (SSSR count). The van der Waals surface area contributed by atoms with Gasteiger partial charge in [-0.05, 0) is 36.9 Å². The van der Waals surface area contributed by atoms with E-state index in [4.69, 9.17) is 0 Å². The fraction of sp³-hybridized carbons (Fsp3) is 0.500. The number of fused-ring (bicyclic) bond motifs is 3. The maximum absolute atomic E-state index is 4.40. The normalized spacial score (nSPS) is 31.7. The molecule has 1 N–H and O–H groups in total. The maximum Gasteiger partial charge on any atom is 0.0454 e. The van der Waals surface area contributed by atoms with Crippen molar-refractivity contribution in [2.24, 2.45) is 5.92 Å². The molecule has 0 amide bonds. The van der Waals surface area contributed by atoms with E-state index in [1.54, 1.807) is 0 Å². The Bertz CT molecular complexity index is 308. The van der Waals surface area contributed by atoms with Crippen LogP contribution in [-0.4, -0.2) is 11.5 Å². The lowest BCUT2D eigenvalue weighted by molar-refractivity contribution is 0.503. The zero-order valence-corrected chi connectivity index (χ0v) is 6.96. The molecule has 0 spiro atoms. The van der Waals surface area contributed by atoms with Crippen molar-refractivity contribution in [3.8, 4) is 0 Å². The Kier molecular flexibility index (Phi) is 1.27. The minimum absolute atomic E-state index is 0.619. The zero-order chi connectivity index (χ0) is 7.97. The van der Waals surface area contributed by atoms with Gasteiger partial charge in [0.05, 0.1) is 0 Å². The first-order chi connectivity index (χ1) is 5.95. The van der Waals surface area contributed by atoms with Crippen molar-refractivity contribution in [3.05, 3.63) is 29.6 Å². The molecule has 1 aromatic rings. The lowest BCUT2D eigenvalue weighted by Gasteiger charge is -2.08. The molecule has 2 nitrogen and oxygen atoms in total. The van der Waals surface area contributed by atoms with E-state index in [1.165, 1.54) is 30.6 Å². The molecule has 0 aromatic carbocycles. The van der Waals surface area contributed by atoms with Crippen molar-refractivity contribution < 1.29 is 0 Å². The summed E-state index contributed by atoms with van der Waals surface area (Å²) in [6.07, 6.45) is 4.41. The molecule has 1 aliphatic heterocycles. The SMILES string of the molecule is c1cnc2c(c1)[C@H]1NCC[C@H]1C2. The number of rotatable bonds is 0. The molecule has 0 saturated carbocycles. The number of hydrogen-bond acceptors (Lipinski definition) is 2. The standard InChI is InChI=1S/C10H12N2/c1-2-8-9(11-4-1)6-7-3-5-12-10(7)8/h1-2,4,7,10,12H,3,5-6H2/t7-,10-/m0/s1. The van der Waals surface area contributed by atoms with Crippen molar-refractivity contribution >= 4 is 0 Å². The smallest absolute Gasteiger partial charge is 0.0454 e. The first kappa shape index (κ1) is 6.61. The second-order valence-corrected chi connectivity index (χ2v) is 3.72. The van der Waals surface area contributed by atoms with Crippen molar-refractivity contribution in [1.29, 1.82) is 0 Å². The van der Waals surface area contributed by atoms with Crippen molar-refractivity contribution in [3.63, 3.8) is 0 Å². The van der Waals surface area contributed by atoms with Gasteiger partial charge in [0, 0.05) is 17.9 Å². The van der Waals surface area contributed by atoms with Crippen LogP contribution in [0.5, 0.6) is 0 Å². The summed E-state index contributed by atoms with van der Waals surface area (Å²) in [7, 11) is 0. The first-order valence-corrected chi connectivity index (χ1v) is 4.62. The molecule has 0 radical (unpaired) electrons. The molecule has 2 heteroatoms. The lowest BCUT2D eigenvalue weighted by Crippen LogP contribution is -2.13. The second kappa shape index (κ2) is 2.30. The molecule has 0 unspecified atom stereocenters. The van der Waals surface area contributed by atoms with Gasteiger partial charge in [-0.15, -0.1) is 0 Å². The van der Waals surface area contributed by atoms with Crippen LogP contribution >= 0.6 is 0 Å². The van der Waals surface area contributed by atoms with Crippen LogP contribution in [0.1, 0.15) is 23.7 Å². The van der Waals surface area contributed by atoms with Crippen LogP contribution in [-0.2, 0) is 6.42 Å². The van der Waals surface area contributed by atoms with Gasteiger partial charge >= 0.3 is 0 Å². The van der Waals surface area contributed by atoms with E-state index in [9.17, 15) is 0 Å². The van der Waals surface area contributed by atoms with Gasteiger partial charge in [0.25, 0.3) is 0 Å². The van der Waals surface area contributed by atoms with E-state index in [0.717, 1.165) is 5.92 Å². The minimum atomic E-state index is 0.619. The molecule has 1 aliphatic carbocycles. The van der Waals surface area contributed by atoms with E-state index < -0.39 is 0 Å². The third kappa shape index (κ3) is 0.758. The van der Waals surface area contributed by atoms with Gasteiger partial charge in [0.15, 0.2) is 0 Å². The van der Waals surface area contributed by atoms with Crippen LogP contribution < -0.4 is 5.32 Å². The van der Waals surface area contributed by atoms with Crippen LogP contribution in [0.2, 0.25) is 0 Å². The molecule has 2 heterocycles.